The van der Waals surface area contributed by atoms with E-state index in [9.17, 15) is 20.0 Å². The van der Waals surface area contributed by atoms with Crippen molar-refractivity contribution in [3.63, 3.8) is 0 Å². The molecule has 0 radical (unpaired) electrons. The fourth-order valence-electron chi connectivity index (χ4n) is 2.79. The second kappa shape index (κ2) is 8.25. The number of carboxylic acid groups (broad SMARTS) is 1. The average molecular weight is 450 g/mol. The smallest absolute Gasteiger partial charge is 0.357 e. The molecule has 2 aromatic carbocycles. The van der Waals surface area contributed by atoms with Gasteiger partial charge in [-0.25, -0.2) is 4.79 Å². The van der Waals surface area contributed by atoms with Gasteiger partial charge in [0, 0.05) is 10.0 Å². The average Bonchev–Trinajstić information content (AvgIpc) is 2.68. The molecular weight excluding hydrogens is 434 g/mol. The van der Waals surface area contributed by atoms with E-state index in [2.05, 4.69) is 21.0 Å². The molecule has 0 aliphatic heterocycles. The van der Waals surface area contributed by atoms with Gasteiger partial charge in [-0.3, -0.25) is 4.79 Å². The van der Waals surface area contributed by atoms with Crippen molar-refractivity contribution in [2.45, 2.75) is 13.8 Å². The number of halogens is 1. The second-order valence-electron chi connectivity index (χ2n) is 6.43. The molecule has 0 bridgehead atoms. The number of carboxylic acids is 1. The quantitative estimate of drug-likeness (QED) is 0.638. The number of hydrogen-bond acceptors (Lipinski definition) is 4. The Bertz CT molecular complexity index is 1250. The summed E-state index contributed by atoms with van der Waals surface area (Å²) >= 11 is 3.37. The van der Waals surface area contributed by atoms with E-state index in [0.29, 0.717) is 5.69 Å². The summed E-state index contributed by atoms with van der Waals surface area (Å²) in [6.07, 6.45) is 3.07. The lowest BCUT2D eigenvalue weighted by Gasteiger charge is -2.11. The Balaban J connectivity index is 2.23. The first-order valence-electron chi connectivity index (χ1n) is 8.64. The highest BCUT2D eigenvalue weighted by atomic mass is 79.9. The van der Waals surface area contributed by atoms with Crippen molar-refractivity contribution in [1.29, 1.82) is 5.26 Å². The molecule has 0 aliphatic carbocycles. The normalized spacial score (nSPS) is 10.8. The molecule has 0 aliphatic rings. The van der Waals surface area contributed by atoms with E-state index in [4.69, 9.17) is 0 Å². The van der Waals surface area contributed by atoms with Gasteiger partial charge in [0.05, 0.1) is 5.69 Å². The molecule has 0 fully saturated rings. The highest BCUT2D eigenvalue weighted by molar-refractivity contribution is 9.10. The number of hydrogen-bond donors (Lipinski definition) is 1. The van der Waals surface area contributed by atoms with Gasteiger partial charge in [0.15, 0.2) is 5.69 Å². The zero-order valence-electron chi connectivity index (χ0n) is 15.7. The van der Waals surface area contributed by atoms with Crippen molar-refractivity contribution < 1.29 is 9.90 Å². The fraction of sp³-hybridized carbons (Fsp3) is 0.0909. The molecule has 1 N–H and O–H groups in total. The minimum atomic E-state index is -1.33. The molecule has 0 saturated heterocycles. The van der Waals surface area contributed by atoms with Gasteiger partial charge in [-0.15, -0.1) is 0 Å². The Kier molecular flexibility index (Phi) is 5.76. The third-order valence-corrected chi connectivity index (χ3v) is 4.96. The van der Waals surface area contributed by atoms with Crippen LogP contribution in [0.1, 0.15) is 38.3 Å². The molecule has 29 heavy (non-hydrogen) atoms. The van der Waals surface area contributed by atoms with Crippen molar-refractivity contribution >= 4 is 34.1 Å². The standard InChI is InChI=1S/C22H16BrN3O3/c1-13-6-8-17(10-14(13)2)26-21(27)19(12-24)18(20(25-26)22(28)29)9-7-15-4-3-5-16(23)11-15/h3-11H,1-2H3,(H,28,29)/b9-7-. The van der Waals surface area contributed by atoms with Crippen LogP contribution in [0.25, 0.3) is 17.8 Å². The third-order valence-electron chi connectivity index (χ3n) is 4.47. The number of aryl methyl sites for hydroxylation is 2. The van der Waals surface area contributed by atoms with Gasteiger partial charge in [0.25, 0.3) is 5.56 Å². The summed E-state index contributed by atoms with van der Waals surface area (Å²) in [5.41, 5.74) is 1.78. The predicted molar refractivity (Wildman–Crippen MR) is 114 cm³/mol. The largest absolute Gasteiger partial charge is 0.476 e. The number of nitrogens with zero attached hydrogens (tertiary/aromatic N) is 3. The van der Waals surface area contributed by atoms with Crippen LogP contribution in [-0.2, 0) is 0 Å². The molecule has 3 aromatic rings. The van der Waals surface area contributed by atoms with Crippen LogP contribution in [0.4, 0.5) is 0 Å². The minimum Gasteiger partial charge on any atom is -0.476 e. The van der Waals surface area contributed by atoms with E-state index in [-0.39, 0.29) is 16.8 Å². The first-order chi connectivity index (χ1) is 13.8. The van der Waals surface area contributed by atoms with Crippen LogP contribution in [0.3, 0.4) is 0 Å². The molecule has 0 saturated carbocycles. The van der Waals surface area contributed by atoms with Crippen LogP contribution in [-0.4, -0.2) is 20.9 Å². The highest BCUT2D eigenvalue weighted by Gasteiger charge is 2.21. The van der Waals surface area contributed by atoms with Gasteiger partial charge in [0.1, 0.15) is 11.6 Å². The van der Waals surface area contributed by atoms with E-state index in [1.54, 1.807) is 18.2 Å². The van der Waals surface area contributed by atoms with Gasteiger partial charge >= 0.3 is 5.97 Å². The number of aromatic nitrogens is 2. The predicted octanol–water partition coefficient (Wildman–Crippen LogP) is 4.35. The van der Waals surface area contributed by atoms with E-state index in [0.717, 1.165) is 25.8 Å². The van der Waals surface area contributed by atoms with Gasteiger partial charge in [-0.1, -0.05) is 46.3 Å². The number of aromatic carboxylic acids is 1. The maximum absolute atomic E-state index is 12.9. The number of carbonyl (C=O) groups is 1. The van der Waals surface area contributed by atoms with Crippen LogP contribution >= 0.6 is 15.9 Å². The number of benzene rings is 2. The molecule has 0 amide bonds. The maximum atomic E-state index is 12.9. The van der Waals surface area contributed by atoms with Crippen LogP contribution in [0.2, 0.25) is 0 Å². The first-order valence-corrected chi connectivity index (χ1v) is 9.43. The lowest BCUT2D eigenvalue weighted by atomic mass is 10.1. The van der Waals surface area contributed by atoms with E-state index >= 15 is 0 Å². The summed E-state index contributed by atoms with van der Waals surface area (Å²) in [4.78, 5) is 24.7. The Morgan fingerprint density at radius 2 is 1.93 bits per heavy atom. The van der Waals surface area contributed by atoms with E-state index < -0.39 is 11.5 Å². The molecule has 0 atom stereocenters. The first kappa shape index (κ1) is 20.2. The summed E-state index contributed by atoms with van der Waals surface area (Å²) < 4.78 is 1.81. The van der Waals surface area contributed by atoms with Crippen molar-refractivity contribution in [2.75, 3.05) is 0 Å². The Morgan fingerprint density at radius 3 is 2.55 bits per heavy atom. The van der Waals surface area contributed by atoms with Crippen molar-refractivity contribution in [2.24, 2.45) is 0 Å². The molecular formula is C22H16BrN3O3. The lowest BCUT2D eigenvalue weighted by Crippen LogP contribution is -2.28. The molecule has 7 heteroatoms. The van der Waals surface area contributed by atoms with E-state index in [1.807, 2.05) is 50.2 Å². The monoisotopic (exact) mass is 449 g/mol. The van der Waals surface area contributed by atoms with Crippen LogP contribution in [0.15, 0.2) is 51.7 Å². The summed E-state index contributed by atoms with van der Waals surface area (Å²) in [6, 6.07) is 14.4. The Hall–Kier alpha value is -3.50. The highest BCUT2D eigenvalue weighted by Crippen LogP contribution is 2.19. The SMILES string of the molecule is Cc1ccc(-n2nc(C(=O)O)c(/C=C\c3cccc(Br)c3)c(C#N)c2=O)cc1C. The Morgan fingerprint density at radius 1 is 1.17 bits per heavy atom. The molecule has 0 unspecified atom stereocenters. The topological polar surface area (TPSA) is 96.0 Å². The molecule has 144 valence electrons. The second-order valence-corrected chi connectivity index (χ2v) is 7.34. The molecule has 1 aromatic heterocycles. The van der Waals surface area contributed by atoms with Crippen LogP contribution < -0.4 is 5.56 Å². The van der Waals surface area contributed by atoms with Gasteiger partial charge < -0.3 is 5.11 Å². The zero-order valence-corrected chi connectivity index (χ0v) is 17.3. The zero-order chi connectivity index (χ0) is 21.1. The molecule has 0 spiro atoms. The summed E-state index contributed by atoms with van der Waals surface area (Å²) in [7, 11) is 0. The fourth-order valence-corrected chi connectivity index (χ4v) is 3.21. The molecule has 3 rings (SSSR count). The van der Waals surface area contributed by atoms with Crippen LogP contribution in [0, 0.1) is 25.2 Å². The van der Waals surface area contributed by atoms with Gasteiger partial charge in [-0.05, 0) is 54.8 Å². The van der Waals surface area contributed by atoms with Crippen molar-refractivity contribution in [1.82, 2.24) is 9.78 Å². The van der Waals surface area contributed by atoms with Crippen molar-refractivity contribution in [3.8, 4) is 11.8 Å². The number of rotatable bonds is 4. The summed E-state index contributed by atoms with van der Waals surface area (Å²) in [6.45, 7) is 3.80. The van der Waals surface area contributed by atoms with Gasteiger partial charge in [0.2, 0.25) is 0 Å². The van der Waals surface area contributed by atoms with Crippen molar-refractivity contribution in [3.05, 3.63) is 90.8 Å². The van der Waals surface area contributed by atoms with Gasteiger partial charge in [-0.2, -0.15) is 15.0 Å². The summed E-state index contributed by atoms with van der Waals surface area (Å²) in [5.74, 6) is -1.33. The Labute approximate surface area is 175 Å². The minimum absolute atomic E-state index is 0.0231. The lowest BCUT2D eigenvalue weighted by molar-refractivity contribution is 0.0688. The maximum Gasteiger partial charge on any atom is 0.357 e. The van der Waals surface area contributed by atoms with Crippen LogP contribution in [0.5, 0.6) is 0 Å². The van der Waals surface area contributed by atoms with E-state index in [1.165, 1.54) is 6.08 Å². The molecule has 1 heterocycles. The molecule has 6 nitrogen and oxygen atoms in total. The summed E-state index contributed by atoms with van der Waals surface area (Å²) in [5, 5.41) is 23.3. The number of nitriles is 1. The third kappa shape index (κ3) is 4.18.